The number of thiophene rings is 1. The van der Waals surface area contributed by atoms with Gasteiger partial charge in [-0.15, -0.1) is 0 Å². The zero-order valence-electron chi connectivity index (χ0n) is 12.3. The maximum atomic E-state index is 12.4. The normalized spacial score (nSPS) is 18.9. The molecule has 1 saturated heterocycles. The van der Waals surface area contributed by atoms with E-state index in [1.165, 1.54) is 0 Å². The summed E-state index contributed by atoms with van der Waals surface area (Å²) in [5, 5.41) is 4.06. The Morgan fingerprint density at radius 2 is 2.30 bits per heavy atom. The van der Waals surface area contributed by atoms with Gasteiger partial charge in [-0.1, -0.05) is 13.8 Å². The highest BCUT2D eigenvalue weighted by atomic mass is 32.1. The minimum Gasteiger partial charge on any atom is -0.342 e. The van der Waals surface area contributed by atoms with Crippen LogP contribution in [0.3, 0.4) is 0 Å². The van der Waals surface area contributed by atoms with Crippen LogP contribution in [0.25, 0.3) is 0 Å². The van der Waals surface area contributed by atoms with Crippen LogP contribution in [0.5, 0.6) is 0 Å². The van der Waals surface area contributed by atoms with Gasteiger partial charge >= 0.3 is 0 Å². The number of hydrogen-bond donors (Lipinski definition) is 0. The first-order valence-electron chi connectivity index (χ1n) is 7.01. The standard InChI is InChI=1S/C15H22N2O2S/c1-11(2)7-17-9-13(6-14(17)18)15(19)16(3)8-12-4-5-20-10-12/h4-5,10-11,13H,6-9H2,1-3H3/t13-/m1/s1. The van der Waals surface area contributed by atoms with Crippen molar-refractivity contribution in [3.63, 3.8) is 0 Å². The highest BCUT2D eigenvalue weighted by Gasteiger charge is 2.35. The SMILES string of the molecule is CC(C)CN1C[C@H](C(=O)N(C)Cc2ccsc2)CC1=O. The molecule has 0 saturated carbocycles. The lowest BCUT2D eigenvalue weighted by molar-refractivity contribution is -0.135. The molecule has 1 aliphatic rings. The summed E-state index contributed by atoms with van der Waals surface area (Å²) < 4.78 is 0. The Morgan fingerprint density at radius 1 is 1.55 bits per heavy atom. The highest BCUT2D eigenvalue weighted by Crippen LogP contribution is 2.21. The summed E-state index contributed by atoms with van der Waals surface area (Å²) in [5.41, 5.74) is 1.15. The summed E-state index contributed by atoms with van der Waals surface area (Å²) in [5.74, 6) is 0.456. The molecule has 20 heavy (non-hydrogen) atoms. The number of carbonyl (C=O) groups excluding carboxylic acids is 2. The van der Waals surface area contributed by atoms with Gasteiger partial charge in [-0.2, -0.15) is 11.3 Å². The molecule has 1 aromatic rings. The van der Waals surface area contributed by atoms with Crippen molar-refractivity contribution in [3.8, 4) is 0 Å². The van der Waals surface area contributed by atoms with Gasteiger partial charge in [0.2, 0.25) is 11.8 Å². The predicted octanol–water partition coefficient (Wildman–Crippen LogP) is 2.21. The van der Waals surface area contributed by atoms with Crippen LogP contribution >= 0.6 is 11.3 Å². The van der Waals surface area contributed by atoms with Gasteiger partial charge in [-0.05, 0) is 28.3 Å². The van der Waals surface area contributed by atoms with Crippen molar-refractivity contribution < 1.29 is 9.59 Å². The lowest BCUT2D eigenvalue weighted by atomic mass is 10.1. The molecular formula is C15H22N2O2S. The first kappa shape index (κ1) is 15.0. The lowest BCUT2D eigenvalue weighted by Gasteiger charge is -2.22. The van der Waals surface area contributed by atoms with E-state index in [2.05, 4.69) is 19.2 Å². The van der Waals surface area contributed by atoms with E-state index < -0.39 is 0 Å². The van der Waals surface area contributed by atoms with Crippen molar-refractivity contribution in [1.29, 1.82) is 0 Å². The Morgan fingerprint density at radius 3 is 2.90 bits per heavy atom. The van der Waals surface area contributed by atoms with Gasteiger partial charge in [0.25, 0.3) is 0 Å². The molecule has 5 heteroatoms. The molecule has 1 fully saturated rings. The summed E-state index contributed by atoms with van der Waals surface area (Å²) in [4.78, 5) is 27.9. The smallest absolute Gasteiger partial charge is 0.228 e. The molecule has 1 aliphatic heterocycles. The fraction of sp³-hybridized carbons (Fsp3) is 0.600. The minimum absolute atomic E-state index is 0.0795. The molecule has 0 aromatic carbocycles. The second-order valence-corrected chi connectivity index (χ2v) is 6.70. The maximum Gasteiger partial charge on any atom is 0.228 e. The van der Waals surface area contributed by atoms with Crippen LogP contribution in [-0.4, -0.2) is 41.8 Å². The molecule has 2 heterocycles. The molecule has 0 bridgehead atoms. The van der Waals surface area contributed by atoms with Crippen molar-refractivity contribution in [3.05, 3.63) is 22.4 Å². The molecular weight excluding hydrogens is 272 g/mol. The van der Waals surface area contributed by atoms with Crippen LogP contribution in [0.4, 0.5) is 0 Å². The molecule has 0 spiro atoms. The fourth-order valence-corrected chi connectivity index (χ4v) is 3.26. The van der Waals surface area contributed by atoms with Gasteiger partial charge in [-0.3, -0.25) is 9.59 Å². The van der Waals surface area contributed by atoms with Crippen LogP contribution in [0.2, 0.25) is 0 Å². The van der Waals surface area contributed by atoms with Crippen molar-refractivity contribution in [2.45, 2.75) is 26.8 Å². The van der Waals surface area contributed by atoms with E-state index >= 15 is 0 Å². The maximum absolute atomic E-state index is 12.4. The zero-order valence-corrected chi connectivity index (χ0v) is 13.2. The molecule has 1 atom stereocenters. The van der Waals surface area contributed by atoms with E-state index in [1.54, 1.807) is 16.2 Å². The van der Waals surface area contributed by atoms with Gasteiger partial charge in [0.15, 0.2) is 0 Å². The fourth-order valence-electron chi connectivity index (χ4n) is 2.60. The molecule has 1 aromatic heterocycles. The third-order valence-electron chi connectivity index (χ3n) is 3.53. The Kier molecular flexibility index (Phi) is 4.81. The van der Waals surface area contributed by atoms with Crippen LogP contribution in [-0.2, 0) is 16.1 Å². The number of likely N-dealkylation sites (tertiary alicyclic amines) is 1. The highest BCUT2D eigenvalue weighted by molar-refractivity contribution is 7.07. The summed E-state index contributed by atoms with van der Waals surface area (Å²) in [6.07, 6.45) is 0.361. The summed E-state index contributed by atoms with van der Waals surface area (Å²) in [6, 6.07) is 2.03. The van der Waals surface area contributed by atoms with E-state index in [9.17, 15) is 9.59 Å². The minimum atomic E-state index is -0.176. The Balaban J connectivity index is 1.91. The van der Waals surface area contributed by atoms with Gasteiger partial charge in [0, 0.05) is 33.1 Å². The van der Waals surface area contributed by atoms with Gasteiger partial charge in [0.1, 0.15) is 0 Å². The van der Waals surface area contributed by atoms with Crippen LogP contribution in [0, 0.1) is 11.8 Å². The average Bonchev–Trinajstić information content (AvgIpc) is 2.99. The van der Waals surface area contributed by atoms with Crippen LogP contribution in [0.1, 0.15) is 25.8 Å². The van der Waals surface area contributed by atoms with Gasteiger partial charge < -0.3 is 9.80 Å². The number of hydrogen-bond acceptors (Lipinski definition) is 3. The molecule has 0 radical (unpaired) electrons. The number of amides is 2. The Bertz CT molecular complexity index is 470. The predicted molar refractivity (Wildman–Crippen MR) is 80.3 cm³/mol. The Hall–Kier alpha value is -1.36. The zero-order chi connectivity index (χ0) is 14.7. The topological polar surface area (TPSA) is 40.6 Å². The Labute approximate surface area is 124 Å². The van der Waals surface area contributed by atoms with Crippen molar-refractivity contribution in [1.82, 2.24) is 9.80 Å². The first-order valence-corrected chi connectivity index (χ1v) is 7.95. The number of nitrogens with zero attached hydrogens (tertiary/aromatic N) is 2. The van der Waals surface area contributed by atoms with Crippen LogP contribution in [0.15, 0.2) is 16.8 Å². The molecule has 0 unspecified atom stereocenters. The van der Waals surface area contributed by atoms with E-state index in [-0.39, 0.29) is 17.7 Å². The van der Waals surface area contributed by atoms with E-state index in [4.69, 9.17) is 0 Å². The van der Waals surface area contributed by atoms with Crippen molar-refractivity contribution in [2.75, 3.05) is 20.1 Å². The van der Waals surface area contributed by atoms with Gasteiger partial charge in [0.05, 0.1) is 5.92 Å². The van der Waals surface area contributed by atoms with E-state index in [0.29, 0.717) is 25.4 Å². The molecule has 2 rings (SSSR count). The van der Waals surface area contributed by atoms with Crippen molar-refractivity contribution in [2.24, 2.45) is 11.8 Å². The van der Waals surface area contributed by atoms with Gasteiger partial charge in [-0.25, -0.2) is 0 Å². The molecule has 4 nitrogen and oxygen atoms in total. The summed E-state index contributed by atoms with van der Waals surface area (Å²) in [6.45, 7) is 6.12. The summed E-state index contributed by atoms with van der Waals surface area (Å²) in [7, 11) is 1.82. The molecule has 0 N–H and O–H groups in total. The first-order chi connectivity index (χ1) is 9.47. The third kappa shape index (κ3) is 3.60. The van der Waals surface area contributed by atoms with E-state index in [1.807, 2.05) is 23.4 Å². The second-order valence-electron chi connectivity index (χ2n) is 5.92. The quantitative estimate of drug-likeness (QED) is 0.835. The van der Waals surface area contributed by atoms with Crippen molar-refractivity contribution >= 4 is 23.2 Å². The largest absolute Gasteiger partial charge is 0.342 e. The number of carbonyl (C=O) groups is 2. The van der Waals surface area contributed by atoms with E-state index in [0.717, 1.165) is 12.1 Å². The number of rotatable bonds is 5. The second kappa shape index (κ2) is 6.39. The molecule has 0 aliphatic carbocycles. The summed E-state index contributed by atoms with van der Waals surface area (Å²) >= 11 is 1.63. The average molecular weight is 294 g/mol. The molecule has 2 amide bonds. The third-order valence-corrected chi connectivity index (χ3v) is 4.26. The van der Waals surface area contributed by atoms with Crippen LogP contribution < -0.4 is 0 Å². The molecule has 110 valence electrons. The lowest BCUT2D eigenvalue weighted by Crippen LogP contribution is -2.35. The monoisotopic (exact) mass is 294 g/mol.